The number of rotatable bonds is 4. The standard InChI is InChI=1S/C24H29N5O2S/c1-27(2)17-7-5-6-16(14-17)24(31)29-12-10-28(11-13-29)15-20-25-22(30)21-18-8-3-4-9-19(18)32-23(21)26-20/h5-7,14H,3-4,8-13,15H2,1-2H3,(H,25,26,30). The van der Waals surface area contributed by atoms with Crippen LogP contribution in [0, 0.1) is 0 Å². The molecule has 0 saturated carbocycles. The number of carbonyl (C=O) groups excluding carboxylic acids is 1. The number of carbonyl (C=O) groups is 1. The van der Waals surface area contributed by atoms with E-state index in [0.717, 1.165) is 59.6 Å². The Morgan fingerprint density at radius 1 is 1.16 bits per heavy atom. The highest BCUT2D eigenvalue weighted by molar-refractivity contribution is 7.18. The van der Waals surface area contributed by atoms with Crippen molar-refractivity contribution < 1.29 is 4.79 Å². The fourth-order valence-electron chi connectivity index (χ4n) is 4.70. The molecule has 0 radical (unpaired) electrons. The van der Waals surface area contributed by atoms with Crippen LogP contribution < -0.4 is 10.5 Å². The first-order valence-electron chi connectivity index (χ1n) is 11.3. The SMILES string of the molecule is CN(C)c1cccc(C(=O)N2CCN(Cc3nc4sc5c(c4c(=O)[nH]3)CCCC5)CC2)c1. The zero-order chi connectivity index (χ0) is 22.2. The molecule has 2 aliphatic rings. The van der Waals surface area contributed by atoms with Gasteiger partial charge in [-0.1, -0.05) is 6.07 Å². The van der Waals surface area contributed by atoms with Gasteiger partial charge in [0.15, 0.2) is 0 Å². The van der Waals surface area contributed by atoms with Crippen molar-refractivity contribution in [3.05, 3.63) is 56.4 Å². The van der Waals surface area contributed by atoms with Gasteiger partial charge in [-0.05, 0) is 49.4 Å². The van der Waals surface area contributed by atoms with Gasteiger partial charge in [-0.25, -0.2) is 4.98 Å². The van der Waals surface area contributed by atoms with Crippen LogP contribution in [0.4, 0.5) is 5.69 Å². The van der Waals surface area contributed by atoms with Crippen LogP contribution >= 0.6 is 11.3 Å². The molecule has 0 atom stereocenters. The maximum atomic E-state index is 13.0. The minimum Gasteiger partial charge on any atom is -0.378 e. The number of anilines is 1. The number of piperazine rings is 1. The smallest absolute Gasteiger partial charge is 0.259 e. The van der Waals surface area contributed by atoms with Crippen LogP contribution in [0.25, 0.3) is 10.2 Å². The van der Waals surface area contributed by atoms with Crippen molar-refractivity contribution in [2.75, 3.05) is 45.2 Å². The lowest BCUT2D eigenvalue weighted by atomic mass is 9.97. The largest absolute Gasteiger partial charge is 0.378 e. The molecule has 0 unspecified atom stereocenters. The van der Waals surface area contributed by atoms with Crippen molar-refractivity contribution in [2.24, 2.45) is 0 Å². The van der Waals surface area contributed by atoms with E-state index in [-0.39, 0.29) is 11.5 Å². The number of nitrogens with zero attached hydrogens (tertiary/aromatic N) is 4. The van der Waals surface area contributed by atoms with E-state index in [0.29, 0.717) is 19.6 Å². The van der Waals surface area contributed by atoms with E-state index in [1.165, 1.54) is 16.9 Å². The summed E-state index contributed by atoms with van der Waals surface area (Å²) < 4.78 is 0. The number of fused-ring (bicyclic) bond motifs is 3. The Labute approximate surface area is 191 Å². The Kier molecular flexibility index (Phi) is 5.73. The highest BCUT2D eigenvalue weighted by Gasteiger charge is 2.24. The molecule has 0 spiro atoms. The van der Waals surface area contributed by atoms with Gasteiger partial charge in [-0.3, -0.25) is 14.5 Å². The lowest BCUT2D eigenvalue weighted by molar-refractivity contribution is 0.0625. The second kappa shape index (κ2) is 8.67. The third-order valence-electron chi connectivity index (χ3n) is 6.52. The molecule has 5 rings (SSSR count). The summed E-state index contributed by atoms with van der Waals surface area (Å²) in [5, 5.41) is 0.809. The monoisotopic (exact) mass is 451 g/mol. The van der Waals surface area contributed by atoms with Crippen LogP contribution in [-0.4, -0.2) is 65.9 Å². The lowest BCUT2D eigenvalue weighted by Crippen LogP contribution is -2.48. The van der Waals surface area contributed by atoms with Crippen molar-refractivity contribution in [2.45, 2.75) is 32.2 Å². The predicted molar refractivity (Wildman–Crippen MR) is 129 cm³/mol. The number of H-pyrrole nitrogens is 1. The fourth-order valence-corrected chi connectivity index (χ4v) is 5.98. The third-order valence-corrected chi connectivity index (χ3v) is 7.70. The van der Waals surface area contributed by atoms with Crippen molar-refractivity contribution in [3.63, 3.8) is 0 Å². The van der Waals surface area contributed by atoms with Gasteiger partial charge in [0.05, 0.1) is 11.9 Å². The first-order valence-corrected chi connectivity index (χ1v) is 12.1. The second-order valence-corrected chi connectivity index (χ2v) is 10.0. The highest BCUT2D eigenvalue weighted by atomic mass is 32.1. The number of amides is 1. The fraction of sp³-hybridized carbons (Fsp3) is 0.458. The average Bonchev–Trinajstić information content (AvgIpc) is 3.18. The molecule has 1 saturated heterocycles. The Hall–Kier alpha value is -2.71. The number of hydrogen-bond donors (Lipinski definition) is 1. The molecule has 8 heteroatoms. The summed E-state index contributed by atoms with van der Waals surface area (Å²) in [5.74, 6) is 0.796. The van der Waals surface area contributed by atoms with Crippen LogP contribution in [0.3, 0.4) is 0 Å². The van der Waals surface area contributed by atoms with Gasteiger partial charge >= 0.3 is 0 Å². The number of aromatic nitrogens is 2. The first-order chi connectivity index (χ1) is 15.5. The van der Waals surface area contributed by atoms with Crippen molar-refractivity contribution >= 4 is 33.1 Å². The molecule has 7 nitrogen and oxygen atoms in total. The molecule has 168 valence electrons. The maximum Gasteiger partial charge on any atom is 0.259 e. The molecule has 1 aliphatic carbocycles. The van der Waals surface area contributed by atoms with Crippen LogP contribution in [0.1, 0.15) is 39.5 Å². The Morgan fingerprint density at radius 2 is 1.94 bits per heavy atom. The molecule has 1 amide bonds. The van der Waals surface area contributed by atoms with Crippen molar-refractivity contribution in [3.8, 4) is 0 Å². The van der Waals surface area contributed by atoms with Gasteiger partial charge in [0.1, 0.15) is 10.7 Å². The van der Waals surface area contributed by atoms with Gasteiger partial charge in [-0.2, -0.15) is 0 Å². The van der Waals surface area contributed by atoms with E-state index < -0.39 is 0 Å². The lowest BCUT2D eigenvalue weighted by Gasteiger charge is -2.34. The minimum absolute atomic E-state index is 0.000937. The number of benzene rings is 1. The summed E-state index contributed by atoms with van der Waals surface area (Å²) in [6.07, 6.45) is 4.42. The summed E-state index contributed by atoms with van der Waals surface area (Å²) in [6, 6.07) is 7.76. The van der Waals surface area contributed by atoms with Gasteiger partial charge in [0.2, 0.25) is 0 Å². The molecule has 1 fully saturated rings. The summed E-state index contributed by atoms with van der Waals surface area (Å²) in [6.45, 7) is 3.48. The number of thiophene rings is 1. The Bertz CT molecular complexity index is 1210. The second-order valence-electron chi connectivity index (χ2n) is 8.92. The molecular formula is C24H29N5O2S. The molecule has 2 aromatic heterocycles. The summed E-state index contributed by atoms with van der Waals surface area (Å²) in [7, 11) is 3.95. The van der Waals surface area contributed by atoms with Gasteiger partial charge in [0.25, 0.3) is 11.5 Å². The van der Waals surface area contributed by atoms with Crippen LogP contribution in [-0.2, 0) is 19.4 Å². The maximum absolute atomic E-state index is 13.0. The molecule has 1 N–H and O–H groups in total. The normalized spacial score (nSPS) is 16.9. The predicted octanol–water partition coefficient (Wildman–Crippen LogP) is 2.89. The molecule has 32 heavy (non-hydrogen) atoms. The molecular weight excluding hydrogens is 422 g/mol. The summed E-state index contributed by atoms with van der Waals surface area (Å²) >= 11 is 1.69. The van der Waals surface area contributed by atoms with E-state index in [9.17, 15) is 9.59 Å². The molecule has 1 aliphatic heterocycles. The van der Waals surface area contributed by atoms with E-state index in [4.69, 9.17) is 4.98 Å². The topological polar surface area (TPSA) is 72.5 Å². The number of aryl methyl sites for hydroxylation is 2. The summed E-state index contributed by atoms with van der Waals surface area (Å²) in [4.78, 5) is 42.0. The Balaban J connectivity index is 1.25. The zero-order valence-corrected chi connectivity index (χ0v) is 19.5. The minimum atomic E-state index is -0.000937. The number of aromatic amines is 1. The van der Waals surface area contributed by atoms with Gasteiger partial charge in [0, 0.05) is 56.4 Å². The molecule has 3 aromatic rings. The van der Waals surface area contributed by atoms with Crippen LogP contribution in [0.5, 0.6) is 0 Å². The molecule has 3 heterocycles. The van der Waals surface area contributed by atoms with E-state index in [1.54, 1.807) is 11.3 Å². The van der Waals surface area contributed by atoms with Gasteiger partial charge in [-0.15, -0.1) is 11.3 Å². The van der Waals surface area contributed by atoms with E-state index in [1.807, 2.05) is 48.2 Å². The molecule has 0 bridgehead atoms. The Morgan fingerprint density at radius 3 is 2.72 bits per heavy atom. The number of nitrogens with one attached hydrogen (secondary N) is 1. The van der Waals surface area contributed by atoms with Crippen LogP contribution in [0.2, 0.25) is 0 Å². The first kappa shape index (κ1) is 21.2. The third kappa shape index (κ3) is 4.04. The summed E-state index contributed by atoms with van der Waals surface area (Å²) in [5.41, 5.74) is 2.97. The van der Waals surface area contributed by atoms with Gasteiger partial charge < -0.3 is 14.8 Å². The van der Waals surface area contributed by atoms with Crippen molar-refractivity contribution in [1.82, 2.24) is 19.8 Å². The van der Waals surface area contributed by atoms with E-state index in [2.05, 4.69) is 9.88 Å². The van der Waals surface area contributed by atoms with Crippen molar-refractivity contribution in [1.29, 1.82) is 0 Å². The van der Waals surface area contributed by atoms with Crippen LogP contribution in [0.15, 0.2) is 29.1 Å². The molecule has 1 aromatic carbocycles. The zero-order valence-electron chi connectivity index (χ0n) is 18.7. The highest BCUT2D eigenvalue weighted by Crippen LogP contribution is 2.33. The quantitative estimate of drug-likeness (QED) is 0.660. The average molecular weight is 452 g/mol. The number of hydrogen-bond acceptors (Lipinski definition) is 6. The van der Waals surface area contributed by atoms with E-state index >= 15 is 0 Å².